The Morgan fingerprint density at radius 3 is 2.60 bits per heavy atom. The van der Waals surface area contributed by atoms with E-state index in [9.17, 15) is 4.79 Å². The van der Waals surface area contributed by atoms with Crippen LogP contribution in [0.4, 0.5) is 0 Å². The van der Waals surface area contributed by atoms with Crippen molar-refractivity contribution in [3.05, 3.63) is 59.1 Å². The highest BCUT2D eigenvalue weighted by molar-refractivity contribution is 6.35. The summed E-state index contributed by atoms with van der Waals surface area (Å²) in [6.07, 6.45) is 3.72. The lowest BCUT2D eigenvalue weighted by Crippen LogP contribution is -2.29. The van der Waals surface area contributed by atoms with Crippen molar-refractivity contribution in [2.75, 3.05) is 19.7 Å². The summed E-state index contributed by atoms with van der Waals surface area (Å²) in [5.41, 5.74) is 0.786. The van der Waals surface area contributed by atoms with Crippen LogP contribution in [0.1, 0.15) is 11.7 Å². The van der Waals surface area contributed by atoms with Crippen LogP contribution in [0.3, 0.4) is 0 Å². The molecule has 0 saturated carbocycles. The van der Waals surface area contributed by atoms with E-state index < -0.39 is 0 Å². The molecule has 0 aliphatic heterocycles. The SMILES string of the molecule is C=CCO[C@@H](CN(C=O)CC=C)c1ccc(Cl)cc1Cl. The number of nitrogens with zero attached hydrogens (tertiary/aromatic N) is 1. The molecule has 0 spiro atoms. The molecule has 0 heterocycles. The van der Waals surface area contributed by atoms with Gasteiger partial charge in [-0.25, -0.2) is 0 Å². The highest BCUT2D eigenvalue weighted by Gasteiger charge is 2.18. The van der Waals surface area contributed by atoms with Crippen molar-refractivity contribution < 1.29 is 9.53 Å². The molecule has 1 atom stereocenters. The number of ether oxygens (including phenoxy) is 1. The van der Waals surface area contributed by atoms with Crippen molar-refractivity contribution >= 4 is 29.6 Å². The molecule has 0 unspecified atom stereocenters. The minimum atomic E-state index is -0.345. The van der Waals surface area contributed by atoms with Crippen molar-refractivity contribution in [1.29, 1.82) is 0 Å². The molecular weight excluding hydrogens is 297 g/mol. The van der Waals surface area contributed by atoms with Crippen LogP contribution in [-0.2, 0) is 9.53 Å². The van der Waals surface area contributed by atoms with Crippen LogP contribution in [-0.4, -0.2) is 31.0 Å². The van der Waals surface area contributed by atoms with E-state index in [2.05, 4.69) is 13.2 Å². The Kier molecular flexibility index (Phi) is 7.37. The summed E-state index contributed by atoms with van der Waals surface area (Å²) < 4.78 is 5.70. The zero-order valence-corrected chi connectivity index (χ0v) is 12.6. The number of rotatable bonds is 9. The van der Waals surface area contributed by atoms with Gasteiger partial charge in [0.05, 0.1) is 13.2 Å². The Balaban J connectivity index is 2.94. The molecule has 0 aliphatic rings. The molecule has 1 amide bonds. The molecule has 5 heteroatoms. The molecule has 0 aromatic heterocycles. The lowest BCUT2D eigenvalue weighted by molar-refractivity contribution is -0.119. The quantitative estimate of drug-likeness (QED) is 0.511. The molecule has 0 fully saturated rings. The van der Waals surface area contributed by atoms with E-state index in [1.54, 1.807) is 35.3 Å². The zero-order valence-electron chi connectivity index (χ0n) is 11.1. The minimum Gasteiger partial charge on any atom is -0.368 e. The minimum absolute atomic E-state index is 0.345. The molecule has 3 nitrogen and oxygen atoms in total. The average molecular weight is 314 g/mol. The summed E-state index contributed by atoms with van der Waals surface area (Å²) >= 11 is 12.1. The summed E-state index contributed by atoms with van der Waals surface area (Å²) in [5, 5.41) is 1.07. The highest BCUT2D eigenvalue weighted by Crippen LogP contribution is 2.29. The Bertz CT molecular complexity index is 477. The maximum atomic E-state index is 11.0. The second-order valence-electron chi connectivity index (χ2n) is 4.12. The van der Waals surface area contributed by atoms with E-state index in [-0.39, 0.29) is 6.10 Å². The summed E-state index contributed by atoms with van der Waals surface area (Å²) in [5.74, 6) is 0. The molecule has 108 valence electrons. The van der Waals surface area contributed by atoms with E-state index in [1.165, 1.54) is 0 Å². The molecule has 1 rings (SSSR count). The fraction of sp³-hybridized carbons (Fsp3) is 0.267. The summed E-state index contributed by atoms with van der Waals surface area (Å²) in [7, 11) is 0. The second kappa shape index (κ2) is 8.80. The number of carbonyl (C=O) groups is 1. The Morgan fingerprint density at radius 1 is 1.30 bits per heavy atom. The maximum Gasteiger partial charge on any atom is 0.210 e. The van der Waals surface area contributed by atoms with Crippen molar-refractivity contribution in [3.8, 4) is 0 Å². The van der Waals surface area contributed by atoms with Gasteiger partial charge in [0.25, 0.3) is 0 Å². The first kappa shape index (κ1) is 16.8. The monoisotopic (exact) mass is 313 g/mol. The third-order valence-electron chi connectivity index (χ3n) is 2.64. The number of hydrogen-bond acceptors (Lipinski definition) is 2. The number of halogens is 2. The first-order valence-electron chi connectivity index (χ1n) is 6.10. The van der Waals surface area contributed by atoms with Crippen molar-refractivity contribution in [1.82, 2.24) is 4.90 Å². The lowest BCUT2D eigenvalue weighted by atomic mass is 10.1. The topological polar surface area (TPSA) is 29.5 Å². The molecule has 0 saturated heterocycles. The van der Waals surface area contributed by atoms with Gasteiger partial charge in [-0.3, -0.25) is 4.79 Å². The van der Waals surface area contributed by atoms with Crippen LogP contribution in [0.5, 0.6) is 0 Å². The summed E-state index contributed by atoms with van der Waals surface area (Å²) in [4.78, 5) is 12.6. The smallest absolute Gasteiger partial charge is 0.210 e. The molecule has 0 aliphatic carbocycles. The Morgan fingerprint density at radius 2 is 2.05 bits per heavy atom. The fourth-order valence-corrected chi connectivity index (χ4v) is 2.26. The molecule has 1 aromatic carbocycles. The van der Waals surface area contributed by atoms with Gasteiger partial charge >= 0.3 is 0 Å². The second-order valence-corrected chi connectivity index (χ2v) is 4.97. The summed E-state index contributed by atoms with van der Waals surface area (Å²) in [6.45, 7) is 8.43. The van der Waals surface area contributed by atoms with Crippen molar-refractivity contribution in [3.63, 3.8) is 0 Å². The molecular formula is C15H17Cl2NO2. The van der Waals surface area contributed by atoms with Gasteiger partial charge in [0.15, 0.2) is 0 Å². The van der Waals surface area contributed by atoms with Crippen molar-refractivity contribution in [2.24, 2.45) is 0 Å². The van der Waals surface area contributed by atoms with Gasteiger partial charge in [0, 0.05) is 22.2 Å². The largest absolute Gasteiger partial charge is 0.368 e. The lowest BCUT2D eigenvalue weighted by Gasteiger charge is -2.24. The molecule has 20 heavy (non-hydrogen) atoms. The maximum absolute atomic E-state index is 11.0. The van der Waals surface area contributed by atoms with Gasteiger partial charge in [-0.1, -0.05) is 41.4 Å². The summed E-state index contributed by atoms with van der Waals surface area (Å²) in [6, 6.07) is 5.20. The van der Waals surface area contributed by atoms with Crippen LogP contribution in [0, 0.1) is 0 Å². The van der Waals surface area contributed by atoms with E-state index in [1.807, 2.05) is 0 Å². The number of amides is 1. The third kappa shape index (κ3) is 5.00. The normalized spacial score (nSPS) is 11.7. The predicted octanol–water partition coefficient (Wildman–Crippen LogP) is 3.88. The van der Waals surface area contributed by atoms with E-state index in [0.717, 1.165) is 12.0 Å². The van der Waals surface area contributed by atoms with Crippen LogP contribution >= 0.6 is 23.2 Å². The first-order chi connectivity index (χ1) is 9.62. The van der Waals surface area contributed by atoms with Crippen LogP contribution in [0.15, 0.2) is 43.5 Å². The first-order valence-corrected chi connectivity index (χ1v) is 6.85. The Labute approximate surface area is 129 Å². The highest BCUT2D eigenvalue weighted by atomic mass is 35.5. The van der Waals surface area contributed by atoms with Gasteiger partial charge in [-0.2, -0.15) is 0 Å². The fourth-order valence-electron chi connectivity index (χ4n) is 1.73. The molecule has 1 aromatic rings. The van der Waals surface area contributed by atoms with Gasteiger partial charge in [-0.15, -0.1) is 13.2 Å². The molecule has 0 radical (unpaired) electrons. The van der Waals surface area contributed by atoms with E-state index in [4.69, 9.17) is 27.9 Å². The van der Waals surface area contributed by atoms with E-state index in [0.29, 0.717) is 29.7 Å². The van der Waals surface area contributed by atoms with Gasteiger partial charge in [0.1, 0.15) is 6.10 Å². The van der Waals surface area contributed by atoms with Crippen LogP contribution in [0.2, 0.25) is 10.0 Å². The van der Waals surface area contributed by atoms with Crippen LogP contribution in [0.25, 0.3) is 0 Å². The van der Waals surface area contributed by atoms with Crippen molar-refractivity contribution in [2.45, 2.75) is 6.10 Å². The Hall–Kier alpha value is -1.29. The zero-order chi connectivity index (χ0) is 15.0. The number of hydrogen-bond donors (Lipinski definition) is 0. The predicted molar refractivity (Wildman–Crippen MR) is 83.2 cm³/mol. The third-order valence-corrected chi connectivity index (χ3v) is 3.20. The van der Waals surface area contributed by atoms with Gasteiger partial charge in [0.2, 0.25) is 6.41 Å². The average Bonchev–Trinajstić information content (AvgIpc) is 2.43. The van der Waals surface area contributed by atoms with Crippen LogP contribution < -0.4 is 0 Å². The standard InChI is InChI=1S/C15H17Cl2NO2/c1-3-7-18(11-19)10-15(20-8-4-2)13-6-5-12(16)9-14(13)17/h3-6,9,11,15H,1-2,7-8,10H2/t15-/m0/s1. The number of benzene rings is 1. The number of carbonyl (C=O) groups excluding carboxylic acids is 1. The molecule has 0 bridgehead atoms. The molecule has 0 N–H and O–H groups in total. The van der Waals surface area contributed by atoms with Gasteiger partial charge < -0.3 is 9.64 Å². The van der Waals surface area contributed by atoms with E-state index >= 15 is 0 Å². The van der Waals surface area contributed by atoms with Gasteiger partial charge in [-0.05, 0) is 12.1 Å².